The van der Waals surface area contributed by atoms with Crippen molar-refractivity contribution in [1.82, 2.24) is 5.32 Å². The van der Waals surface area contributed by atoms with Crippen LogP contribution in [-0.4, -0.2) is 45.7 Å². The van der Waals surface area contributed by atoms with Crippen molar-refractivity contribution in [3.05, 3.63) is 0 Å². The van der Waals surface area contributed by atoms with E-state index < -0.39 is 0 Å². The van der Waals surface area contributed by atoms with Gasteiger partial charge in [0, 0.05) is 13.7 Å². The average molecular weight is 668 g/mol. The van der Waals surface area contributed by atoms with Crippen LogP contribution >= 0.6 is 0 Å². The van der Waals surface area contributed by atoms with E-state index in [1.165, 1.54) is 186 Å². The summed E-state index contributed by atoms with van der Waals surface area (Å²) in [6, 6.07) is 0. The van der Waals surface area contributed by atoms with Crippen LogP contribution in [0.3, 0.4) is 0 Å². The number of methoxy groups -OCH3 is 1. The molecule has 0 rings (SSSR count). The lowest BCUT2D eigenvalue weighted by Crippen LogP contribution is -2.31. The Kier molecular flexibility index (Phi) is 40.6. The Hall–Kier alpha value is -0.810. The minimum absolute atomic E-state index is 0.0398. The van der Waals surface area contributed by atoms with Crippen LogP contribution in [0.2, 0.25) is 0 Å². The first-order chi connectivity index (χ1) is 23.2. The van der Waals surface area contributed by atoms with Gasteiger partial charge in [-0.15, -0.1) is 0 Å². The molecule has 47 heavy (non-hydrogen) atoms. The molecule has 0 aliphatic carbocycles. The van der Waals surface area contributed by atoms with Crippen LogP contribution in [-0.2, 0) is 14.2 Å². The fourth-order valence-electron chi connectivity index (χ4n) is 6.59. The molecule has 1 unspecified atom stereocenters. The second kappa shape index (κ2) is 41.4. The van der Waals surface area contributed by atoms with Gasteiger partial charge in [0.15, 0.2) is 0 Å². The number of carbonyl (C=O) groups is 1. The van der Waals surface area contributed by atoms with E-state index in [9.17, 15) is 4.79 Å². The van der Waals surface area contributed by atoms with Crippen LogP contribution in [0.15, 0.2) is 0 Å². The molecule has 0 aromatic carbocycles. The van der Waals surface area contributed by atoms with Crippen molar-refractivity contribution in [2.24, 2.45) is 0 Å². The Labute approximate surface area is 295 Å². The zero-order chi connectivity index (χ0) is 34.1. The summed E-state index contributed by atoms with van der Waals surface area (Å²) in [7, 11) is 1.66. The highest BCUT2D eigenvalue weighted by molar-refractivity contribution is 5.67. The van der Waals surface area contributed by atoms with E-state index in [0.29, 0.717) is 26.4 Å². The molecule has 0 bridgehead atoms. The van der Waals surface area contributed by atoms with Gasteiger partial charge in [0.05, 0.1) is 19.8 Å². The summed E-state index contributed by atoms with van der Waals surface area (Å²) in [5, 5.41) is 2.87. The van der Waals surface area contributed by atoms with Crippen LogP contribution in [0.1, 0.15) is 226 Å². The molecule has 5 heteroatoms. The van der Waals surface area contributed by atoms with Gasteiger partial charge in [-0.1, -0.05) is 200 Å². The number of unbranched alkanes of at least 4 members (excludes halogenated alkanes) is 29. The number of carbonyl (C=O) groups excluding carboxylic acids is 1. The predicted molar refractivity (Wildman–Crippen MR) is 205 cm³/mol. The normalized spacial score (nSPS) is 12.1. The molecule has 1 amide bonds. The van der Waals surface area contributed by atoms with Gasteiger partial charge >= 0.3 is 6.09 Å². The van der Waals surface area contributed by atoms with Crippen molar-refractivity contribution in [3.63, 3.8) is 0 Å². The fourth-order valence-corrected chi connectivity index (χ4v) is 6.59. The molecule has 5 nitrogen and oxygen atoms in total. The number of nitrogens with one attached hydrogen (secondary N) is 1. The first-order valence-corrected chi connectivity index (χ1v) is 21.3. The van der Waals surface area contributed by atoms with Gasteiger partial charge < -0.3 is 19.5 Å². The summed E-state index contributed by atoms with van der Waals surface area (Å²) >= 11 is 0. The Morgan fingerprint density at radius 3 is 1.09 bits per heavy atom. The van der Waals surface area contributed by atoms with Crippen molar-refractivity contribution >= 4 is 6.09 Å². The highest BCUT2D eigenvalue weighted by Crippen LogP contribution is 2.19. The Morgan fingerprint density at radius 2 is 0.766 bits per heavy atom. The van der Waals surface area contributed by atoms with Crippen molar-refractivity contribution < 1.29 is 19.0 Å². The minimum atomic E-state index is -0.289. The van der Waals surface area contributed by atoms with Crippen LogP contribution in [0.25, 0.3) is 0 Å². The smallest absolute Gasteiger partial charge is 0.407 e. The molecule has 1 N–H and O–H groups in total. The molecule has 0 aromatic heterocycles. The Morgan fingerprint density at radius 1 is 0.447 bits per heavy atom. The van der Waals surface area contributed by atoms with Crippen molar-refractivity contribution in [3.8, 4) is 0 Å². The van der Waals surface area contributed by atoms with Gasteiger partial charge in [0.2, 0.25) is 0 Å². The van der Waals surface area contributed by atoms with E-state index in [-0.39, 0.29) is 12.2 Å². The van der Waals surface area contributed by atoms with Crippen LogP contribution in [0.5, 0.6) is 0 Å². The summed E-state index contributed by atoms with van der Waals surface area (Å²) in [6.07, 6.45) is 44.5. The molecule has 0 fully saturated rings. The van der Waals surface area contributed by atoms with E-state index in [1.807, 2.05) is 0 Å². The van der Waals surface area contributed by atoms with Crippen LogP contribution < -0.4 is 5.32 Å². The lowest BCUT2D eigenvalue weighted by Gasteiger charge is -2.18. The number of alkyl carbamates (subject to hydrolysis) is 1. The molecule has 282 valence electrons. The maximum Gasteiger partial charge on any atom is 0.407 e. The highest BCUT2D eigenvalue weighted by atomic mass is 16.6. The predicted octanol–water partition coefficient (Wildman–Crippen LogP) is 13.7. The van der Waals surface area contributed by atoms with Gasteiger partial charge in [-0.05, 0) is 25.7 Å². The Balaban J connectivity index is 3.94. The molecule has 0 aliphatic heterocycles. The molecule has 0 aliphatic rings. The third-order valence-electron chi connectivity index (χ3n) is 9.73. The van der Waals surface area contributed by atoms with Gasteiger partial charge in [-0.3, -0.25) is 0 Å². The summed E-state index contributed by atoms with van der Waals surface area (Å²) in [6.45, 7) is 6.68. The first kappa shape index (κ1) is 46.2. The van der Waals surface area contributed by atoms with E-state index in [1.54, 1.807) is 7.11 Å². The first-order valence-electron chi connectivity index (χ1n) is 21.3. The molecule has 0 saturated heterocycles. The van der Waals surface area contributed by atoms with E-state index in [2.05, 4.69) is 19.2 Å². The average Bonchev–Trinajstić information content (AvgIpc) is 3.07. The minimum Gasteiger partial charge on any atom is -0.446 e. The second-order valence-corrected chi connectivity index (χ2v) is 14.4. The topological polar surface area (TPSA) is 56.8 Å². The van der Waals surface area contributed by atoms with Crippen molar-refractivity contribution in [1.29, 1.82) is 0 Å². The zero-order valence-electron chi connectivity index (χ0n) is 32.4. The lowest BCUT2D eigenvalue weighted by molar-refractivity contribution is 0.0641. The monoisotopic (exact) mass is 668 g/mol. The van der Waals surface area contributed by atoms with Crippen LogP contribution in [0, 0.1) is 0 Å². The van der Waals surface area contributed by atoms with Gasteiger partial charge in [0.25, 0.3) is 0 Å². The van der Waals surface area contributed by atoms with Gasteiger partial charge in [0.1, 0.15) is 6.10 Å². The third kappa shape index (κ3) is 39.5. The molecule has 0 saturated carbocycles. The third-order valence-corrected chi connectivity index (χ3v) is 9.73. The largest absolute Gasteiger partial charge is 0.446 e. The van der Waals surface area contributed by atoms with E-state index in [4.69, 9.17) is 14.2 Å². The zero-order valence-corrected chi connectivity index (χ0v) is 32.4. The molecule has 0 heterocycles. The van der Waals surface area contributed by atoms with Crippen molar-refractivity contribution in [2.45, 2.75) is 232 Å². The summed E-state index contributed by atoms with van der Waals surface area (Å²) < 4.78 is 16.3. The number of ether oxygens (including phenoxy) is 3. The number of rotatable bonds is 40. The molecular weight excluding hydrogens is 582 g/mol. The van der Waals surface area contributed by atoms with E-state index in [0.717, 1.165) is 25.7 Å². The summed E-state index contributed by atoms with van der Waals surface area (Å²) in [4.78, 5) is 12.5. The molecule has 1 atom stereocenters. The SMILES string of the molecule is CCCCCCCCCCCCCCCCCCC(CCCCCCCCCCCCCCCCC)OC(=O)NCCOCCOC. The number of hydrogen-bond donors (Lipinski definition) is 1. The van der Waals surface area contributed by atoms with Gasteiger partial charge in [-0.2, -0.15) is 0 Å². The number of amides is 1. The molecule has 0 aromatic rings. The standard InChI is InChI=1S/C42H85NO4/c1-4-6-8-10-12-14-16-18-20-22-24-26-28-30-32-34-36-41(47-42(44)43-37-38-46-40-39-45-3)35-33-31-29-27-25-23-21-19-17-15-13-11-9-7-5-2/h41H,4-40H2,1-3H3,(H,43,44). The quantitative estimate of drug-likeness (QED) is 0.0661. The summed E-state index contributed by atoms with van der Waals surface area (Å²) in [5.41, 5.74) is 0. The maximum atomic E-state index is 12.5. The number of hydrogen-bond acceptors (Lipinski definition) is 4. The molecule has 0 radical (unpaired) electrons. The molecule has 0 spiro atoms. The van der Waals surface area contributed by atoms with E-state index >= 15 is 0 Å². The molecular formula is C42H85NO4. The van der Waals surface area contributed by atoms with Crippen molar-refractivity contribution in [2.75, 3.05) is 33.5 Å². The highest BCUT2D eigenvalue weighted by Gasteiger charge is 2.14. The fraction of sp³-hybridized carbons (Fsp3) is 0.976. The Bertz CT molecular complexity index is 587. The second-order valence-electron chi connectivity index (χ2n) is 14.4. The lowest BCUT2D eigenvalue weighted by atomic mass is 10.0. The van der Waals surface area contributed by atoms with Gasteiger partial charge in [-0.25, -0.2) is 4.79 Å². The van der Waals surface area contributed by atoms with Crippen LogP contribution in [0.4, 0.5) is 4.79 Å². The summed E-state index contributed by atoms with van der Waals surface area (Å²) in [5.74, 6) is 0. The maximum absolute atomic E-state index is 12.5.